The van der Waals surface area contributed by atoms with Crippen LogP contribution in [0.1, 0.15) is 51.4 Å². The third kappa shape index (κ3) is 18.8. The molecule has 14 heavy (non-hydrogen) atoms. The Bertz CT molecular complexity index is 71.8. The van der Waals surface area contributed by atoms with Gasteiger partial charge in [0.25, 0.3) is 0 Å². The molecule has 0 fully saturated rings. The van der Waals surface area contributed by atoms with Gasteiger partial charge >= 0.3 is 0 Å². The predicted octanol–water partition coefficient (Wildman–Crippen LogP) is 4.09. The van der Waals surface area contributed by atoms with Gasteiger partial charge in [0.05, 0.1) is 0 Å². The van der Waals surface area contributed by atoms with Gasteiger partial charge in [0.1, 0.15) is 9.55 Å². The normalized spacial score (nSPS) is 9.64. The fourth-order valence-electron chi connectivity index (χ4n) is 1.25. The summed E-state index contributed by atoms with van der Waals surface area (Å²) in [4.78, 5) is 0. The highest BCUT2D eigenvalue weighted by Crippen LogP contribution is 2.09. The van der Waals surface area contributed by atoms with E-state index in [4.69, 9.17) is 34.3 Å². The minimum atomic E-state index is 0.778. The van der Waals surface area contributed by atoms with E-state index in [0.717, 1.165) is 21.3 Å². The molecule has 0 amide bonds. The Morgan fingerprint density at radius 1 is 0.500 bits per heavy atom. The monoisotopic (exact) mass is 276 g/mol. The average molecular weight is 278 g/mol. The van der Waals surface area contributed by atoms with Gasteiger partial charge < -0.3 is 0 Å². The summed E-state index contributed by atoms with van der Waals surface area (Å²) < 4.78 is 0. The van der Waals surface area contributed by atoms with Crippen molar-refractivity contribution in [1.82, 2.24) is 0 Å². The second-order valence-corrected chi connectivity index (χ2v) is 3.96. The Hall–Kier alpha value is 1.09. The maximum Gasteiger partial charge on any atom is 0.109 e. The molecule has 0 spiro atoms. The summed E-state index contributed by atoms with van der Waals surface area (Å²) in [6.45, 7) is 0. The SMILES string of the molecule is ClCCCCCCCCCCCl.[SiH3]Cl. The van der Waals surface area contributed by atoms with Crippen molar-refractivity contribution in [3.63, 3.8) is 0 Å². The highest BCUT2D eigenvalue weighted by atomic mass is 35.6. The summed E-state index contributed by atoms with van der Waals surface area (Å²) >= 11 is 15.9. The van der Waals surface area contributed by atoms with E-state index in [1.165, 1.54) is 51.4 Å². The van der Waals surface area contributed by atoms with Crippen molar-refractivity contribution < 1.29 is 0 Å². The van der Waals surface area contributed by atoms with Gasteiger partial charge in [-0.3, -0.25) is 0 Å². The maximum atomic E-state index is 5.57. The van der Waals surface area contributed by atoms with Crippen LogP contribution in [0.3, 0.4) is 0 Å². The number of hydrogen-bond donors (Lipinski definition) is 0. The number of unbranched alkanes of at least 4 members (excludes halogenated alkanes) is 7. The first kappa shape index (κ1) is 17.5. The number of hydrogen-bond acceptors (Lipinski definition) is 0. The smallest absolute Gasteiger partial charge is 0.109 e. The van der Waals surface area contributed by atoms with Crippen molar-refractivity contribution in [3.05, 3.63) is 0 Å². The highest BCUT2D eigenvalue weighted by Gasteiger charge is 1.90. The molecular formula is C10H23Cl3Si. The van der Waals surface area contributed by atoms with Gasteiger partial charge in [-0.05, 0) is 12.8 Å². The van der Waals surface area contributed by atoms with Crippen LogP contribution in [0.25, 0.3) is 0 Å². The van der Waals surface area contributed by atoms with Crippen molar-refractivity contribution in [2.45, 2.75) is 51.4 Å². The molecule has 0 aliphatic heterocycles. The molecule has 0 atom stereocenters. The van der Waals surface area contributed by atoms with E-state index in [1.807, 2.05) is 0 Å². The topological polar surface area (TPSA) is 0 Å². The number of halogens is 3. The molecule has 0 unspecified atom stereocenters. The first-order valence-corrected chi connectivity index (χ1v) is 9.51. The Kier molecular flexibility index (Phi) is 24.5. The molecule has 0 N–H and O–H groups in total. The van der Waals surface area contributed by atoms with E-state index >= 15 is 0 Å². The van der Waals surface area contributed by atoms with Crippen molar-refractivity contribution in [1.29, 1.82) is 0 Å². The Morgan fingerprint density at radius 3 is 0.929 bits per heavy atom. The average Bonchev–Trinajstić information content (AvgIpc) is 2.25. The lowest BCUT2D eigenvalue weighted by Crippen LogP contribution is -1.82. The first-order chi connectivity index (χ1) is 6.91. The molecule has 0 aromatic rings. The van der Waals surface area contributed by atoms with Crippen LogP contribution >= 0.6 is 34.3 Å². The molecule has 0 nitrogen and oxygen atoms in total. The van der Waals surface area contributed by atoms with Gasteiger partial charge in [-0.15, -0.1) is 23.2 Å². The van der Waals surface area contributed by atoms with Gasteiger partial charge in [0.2, 0.25) is 0 Å². The minimum absolute atomic E-state index is 0.778. The molecule has 0 aromatic heterocycles. The van der Waals surface area contributed by atoms with Crippen LogP contribution in [0, 0.1) is 0 Å². The fraction of sp³-hybridized carbons (Fsp3) is 1.00. The van der Waals surface area contributed by atoms with Crippen LogP contribution in [0.15, 0.2) is 0 Å². The van der Waals surface area contributed by atoms with Crippen molar-refractivity contribution in [2.24, 2.45) is 0 Å². The van der Waals surface area contributed by atoms with E-state index in [9.17, 15) is 0 Å². The standard InChI is InChI=1S/C10H20Cl2.ClH3Si/c11-9-7-5-3-1-2-4-6-8-10-12;1-2/h1-10H2;2H3. The quantitative estimate of drug-likeness (QED) is 0.258. The zero-order valence-corrected chi connectivity index (χ0v) is 13.5. The molecule has 0 aromatic carbocycles. The molecule has 0 bridgehead atoms. The first-order valence-electron chi connectivity index (χ1n) is 5.41. The highest BCUT2D eigenvalue weighted by molar-refractivity contribution is 6.80. The van der Waals surface area contributed by atoms with Gasteiger partial charge in [-0.1, -0.05) is 38.5 Å². The van der Waals surface area contributed by atoms with Crippen molar-refractivity contribution >= 4 is 43.8 Å². The number of rotatable bonds is 9. The predicted molar refractivity (Wildman–Crippen MR) is 74.2 cm³/mol. The third-order valence-corrected chi connectivity index (χ3v) is 2.55. The summed E-state index contributed by atoms with van der Waals surface area (Å²) in [5.74, 6) is 1.65. The van der Waals surface area contributed by atoms with Crippen LogP contribution in [-0.2, 0) is 0 Å². The molecular weight excluding hydrogens is 255 g/mol. The minimum Gasteiger partial charge on any atom is -0.181 e. The van der Waals surface area contributed by atoms with Gasteiger partial charge in [0, 0.05) is 11.8 Å². The lowest BCUT2D eigenvalue weighted by Gasteiger charge is -1.99. The lowest BCUT2D eigenvalue weighted by molar-refractivity contribution is 0.587. The van der Waals surface area contributed by atoms with Gasteiger partial charge in [0.15, 0.2) is 0 Å². The van der Waals surface area contributed by atoms with Crippen molar-refractivity contribution in [3.8, 4) is 0 Å². The van der Waals surface area contributed by atoms with E-state index in [1.54, 1.807) is 0 Å². The van der Waals surface area contributed by atoms with Crippen LogP contribution < -0.4 is 0 Å². The summed E-state index contributed by atoms with van der Waals surface area (Å²) in [5, 5.41) is 0. The molecule has 88 valence electrons. The Balaban J connectivity index is 0. The second kappa shape index (κ2) is 19.6. The molecule has 0 aliphatic carbocycles. The molecule has 0 rings (SSSR count). The van der Waals surface area contributed by atoms with Gasteiger partial charge in [-0.25, -0.2) is 0 Å². The summed E-state index contributed by atoms with van der Waals surface area (Å²) in [6.07, 6.45) is 10.4. The summed E-state index contributed by atoms with van der Waals surface area (Å²) in [7, 11) is 0.778. The molecule has 4 heteroatoms. The Labute approximate surface area is 107 Å². The third-order valence-electron chi connectivity index (χ3n) is 2.02. The Morgan fingerprint density at radius 2 is 0.714 bits per heavy atom. The molecule has 0 saturated carbocycles. The molecule has 0 radical (unpaired) electrons. The van der Waals surface area contributed by atoms with Gasteiger partial charge in [-0.2, -0.15) is 11.1 Å². The maximum absolute atomic E-state index is 5.57. The van der Waals surface area contributed by atoms with Crippen LogP contribution in [-0.4, -0.2) is 21.3 Å². The number of alkyl halides is 2. The molecule has 0 saturated heterocycles. The van der Waals surface area contributed by atoms with Crippen LogP contribution in [0.4, 0.5) is 0 Å². The largest absolute Gasteiger partial charge is 0.181 e. The fourth-order valence-corrected chi connectivity index (χ4v) is 1.63. The van der Waals surface area contributed by atoms with Crippen LogP contribution in [0.5, 0.6) is 0 Å². The van der Waals surface area contributed by atoms with E-state index in [0.29, 0.717) is 0 Å². The summed E-state index contributed by atoms with van der Waals surface area (Å²) in [5.41, 5.74) is 0. The lowest BCUT2D eigenvalue weighted by atomic mass is 10.1. The van der Waals surface area contributed by atoms with E-state index in [-0.39, 0.29) is 0 Å². The van der Waals surface area contributed by atoms with Crippen molar-refractivity contribution in [2.75, 3.05) is 11.8 Å². The van der Waals surface area contributed by atoms with E-state index in [2.05, 4.69) is 0 Å². The van der Waals surface area contributed by atoms with Crippen LogP contribution in [0.2, 0.25) is 0 Å². The summed E-state index contributed by atoms with van der Waals surface area (Å²) in [6, 6.07) is 0. The second-order valence-electron chi connectivity index (χ2n) is 3.21. The molecule has 0 aliphatic rings. The zero-order valence-electron chi connectivity index (χ0n) is 9.20. The molecule has 0 heterocycles. The van der Waals surface area contributed by atoms with E-state index < -0.39 is 0 Å². The zero-order chi connectivity index (χ0) is 11.1.